The summed E-state index contributed by atoms with van der Waals surface area (Å²) in [5.74, 6) is 0. The molecule has 1 fully saturated rings. The Kier molecular flexibility index (Phi) is 8.82. The fourth-order valence-electron chi connectivity index (χ4n) is 5.12. The topological polar surface area (TPSA) is 54.0 Å². The van der Waals surface area contributed by atoms with Crippen molar-refractivity contribution in [2.45, 2.75) is 91.6 Å². The van der Waals surface area contributed by atoms with Crippen LogP contribution in [-0.2, 0) is 22.8 Å². The van der Waals surface area contributed by atoms with Gasteiger partial charge in [0.2, 0.25) is 0 Å². The van der Waals surface area contributed by atoms with Crippen LogP contribution in [0.15, 0.2) is 60.7 Å². The summed E-state index contributed by atoms with van der Waals surface area (Å²) in [6.45, 7) is 19.0. The van der Waals surface area contributed by atoms with Gasteiger partial charge in [-0.2, -0.15) is 0 Å². The Morgan fingerprint density at radius 3 is 1.61 bits per heavy atom. The van der Waals surface area contributed by atoms with E-state index in [-0.39, 0.29) is 29.0 Å². The first kappa shape index (κ1) is 29.3. The van der Waals surface area contributed by atoms with Crippen LogP contribution >= 0.6 is 7.60 Å². The van der Waals surface area contributed by atoms with Crippen LogP contribution in [-0.4, -0.2) is 39.1 Å². The molecule has 1 aliphatic carbocycles. The molecule has 2 aromatic rings. The largest absolute Gasteiger partial charge is 0.404 e. The minimum atomic E-state index is -3.42. The van der Waals surface area contributed by atoms with E-state index in [4.69, 9.17) is 18.2 Å². The van der Waals surface area contributed by atoms with Crippen molar-refractivity contribution >= 4 is 26.3 Å². The van der Waals surface area contributed by atoms with Gasteiger partial charge in [-0.15, -0.1) is 0 Å². The predicted octanol–water partition coefficient (Wildman–Crippen LogP) is 6.75. The van der Waals surface area contributed by atoms with Crippen LogP contribution in [0.25, 0.3) is 0 Å². The highest BCUT2D eigenvalue weighted by atomic mass is 31.2. The van der Waals surface area contributed by atoms with E-state index in [9.17, 15) is 4.57 Å². The highest BCUT2D eigenvalue weighted by molar-refractivity contribution is 7.53. The number of ether oxygens (including phenoxy) is 1. The molecule has 0 heterocycles. The van der Waals surface area contributed by atoms with Gasteiger partial charge in [-0.3, -0.25) is 4.57 Å². The summed E-state index contributed by atoms with van der Waals surface area (Å²) in [5.41, 5.74) is -0.671. The standard InChI is InChI=1S/C29H45O5PSi/c1-23(2)33-35(30,34-24(3)4)22-31-29(20-28(29,8)9)21-32-36(27(5,6)7,25-16-12-10-13-17-25)26-18-14-11-15-19-26/h10-19,23-24H,20-22H2,1-9H3/t29-/m0/s1. The van der Waals surface area contributed by atoms with Gasteiger partial charge in [0.1, 0.15) is 6.35 Å². The molecule has 0 aliphatic heterocycles. The summed E-state index contributed by atoms with van der Waals surface area (Å²) >= 11 is 0. The fourth-order valence-corrected chi connectivity index (χ4v) is 11.6. The molecule has 0 saturated heterocycles. The predicted molar refractivity (Wildman–Crippen MR) is 151 cm³/mol. The molecule has 0 radical (unpaired) electrons. The second-order valence-corrected chi connectivity index (χ2v) is 18.4. The lowest BCUT2D eigenvalue weighted by molar-refractivity contribution is -0.0163. The van der Waals surface area contributed by atoms with E-state index >= 15 is 0 Å². The van der Waals surface area contributed by atoms with Gasteiger partial charge >= 0.3 is 7.60 Å². The van der Waals surface area contributed by atoms with Crippen molar-refractivity contribution in [2.24, 2.45) is 5.41 Å². The first-order valence-electron chi connectivity index (χ1n) is 13.0. The normalized spacial score (nSPS) is 20.2. The Bertz CT molecular complexity index is 979. The van der Waals surface area contributed by atoms with Crippen molar-refractivity contribution in [3.63, 3.8) is 0 Å². The molecule has 1 atom stereocenters. The van der Waals surface area contributed by atoms with E-state index in [1.165, 1.54) is 10.4 Å². The van der Waals surface area contributed by atoms with Gasteiger partial charge in [0.25, 0.3) is 8.32 Å². The van der Waals surface area contributed by atoms with E-state index < -0.39 is 21.5 Å². The highest BCUT2D eigenvalue weighted by Crippen LogP contribution is 2.62. The van der Waals surface area contributed by atoms with Crippen molar-refractivity contribution in [1.82, 2.24) is 0 Å². The zero-order chi connectivity index (χ0) is 26.8. The summed E-state index contributed by atoms with van der Waals surface area (Å²) in [7, 11) is -6.14. The average molecular weight is 533 g/mol. The summed E-state index contributed by atoms with van der Waals surface area (Å²) in [5, 5.41) is 2.33. The lowest BCUT2D eigenvalue weighted by Gasteiger charge is -2.44. The lowest BCUT2D eigenvalue weighted by Crippen LogP contribution is -2.67. The Balaban J connectivity index is 1.95. The Labute approximate surface area is 219 Å². The van der Waals surface area contributed by atoms with Gasteiger partial charge in [0, 0.05) is 0 Å². The SMILES string of the molecule is CC(C)OP(=O)(CO[C@]1(CO[Si](c2ccccc2)(c2ccccc2)C(C)(C)C)CC1(C)C)OC(C)C. The summed E-state index contributed by atoms with van der Waals surface area (Å²) in [4.78, 5) is 0. The molecular formula is C29H45O5PSi. The Hall–Kier alpha value is -1.27. The van der Waals surface area contributed by atoms with Crippen LogP contribution in [0.1, 0.15) is 68.7 Å². The van der Waals surface area contributed by atoms with Crippen molar-refractivity contribution in [3.05, 3.63) is 60.7 Å². The number of rotatable bonds is 12. The first-order valence-corrected chi connectivity index (χ1v) is 16.6. The van der Waals surface area contributed by atoms with Gasteiger partial charge in [0.05, 0.1) is 24.4 Å². The second-order valence-electron chi connectivity index (χ2n) is 12.2. The van der Waals surface area contributed by atoms with Crippen LogP contribution in [0.3, 0.4) is 0 Å². The van der Waals surface area contributed by atoms with E-state index in [1.54, 1.807) is 0 Å². The molecule has 7 heteroatoms. The summed E-state index contributed by atoms with van der Waals surface area (Å²) in [6, 6.07) is 21.2. The molecule has 1 aliphatic rings. The van der Waals surface area contributed by atoms with Crippen molar-refractivity contribution in [3.8, 4) is 0 Å². The zero-order valence-corrected chi connectivity index (χ0v) is 25.4. The third-order valence-corrected chi connectivity index (χ3v) is 13.9. The molecule has 0 bridgehead atoms. The van der Waals surface area contributed by atoms with Crippen molar-refractivity contribution in [1.29, 1.82) is 0 Å². The maximum absolute atomic E-state index is 13.5. The third kappa shape index (κ3) is 6.23. The third-order valence-electron chi connectivity index (χ3n) is 7.02. The van der Waals surface area contributed by atoms with Crippen LogP contribution in [0.4, 0.5) is 0 Å². The highest BCUT2D eigenvalue weighted by Gasteiger charge is 2.65. The minimum absolute atomic E-state index is 0.0864. The average Bonchev–Trinajstić information content (AvgIpc) is 3.33. The van der Waals surface area contributed by atoms with Crippen LogP contribution < -0.4 is 10.4 Å². The van der Waals surface area contributed by atoms with E-state index in [0.717, 1.165) is 6.42 Å². The van der Waals surface area contributed by atoms with E-state index in [0.29, 0.717) is 6.61 Å². The number of benzene rings is 2. The van der Waals surface area contributed by atoms with Gasteiger partial charge in [0.15, 0.2) is 0 Å². The van der Waals surface area contributed by atoms with Crippen LogP contribution in [0.5, 0.6) is 0 Å². The molecule has 5 nitrogen and oxygen atoms in total. The molecule has 3 rings (SSSR count). The van der Waals surface area contributed by atoms with Gasteiger partial charge in [-0.05, 0) is 54.9 Å². The molecule has 0 aromatic heterocycles. The minimum Gasteiger partial charge on any atom is -0.404 e. The molecule has 0 unspecified atom stereocenters. The summed E-state index contributed by atoms with van der Waals surface area (Å²) in [6.07, 6.45) is 0.280. The van der Waals surface area contributed by atoms with Gasteiger partial charge in [-0.25, -0.2) is 0 Å². The van der Waals surface area contributed by atoms with Crippen LogP contribution in [0, 0.1) is 5.41 Å². The Morgan fingerprint density at radius 1 is 0.861 bits per heavy atom. The zero-order valence-electron chi connectivity index (χ0n) is 23.5. The van der Waals surface area contributed by atoms with E-state index in [1.807, 2.05) is 39.8 Å². The maximum atomic E-state index is 13.5. The number of hydrogen-bond acceptors (Lipinski definition) is 5. The fraction of sp³-hybridized carbons (Fsp3) is 0.586. The molecule has 0 spiro atoms. The first-order chi connectivity index (χ1) is 16.7. The van der Waals surface area contributed by atoms with E-state index in [2.05, 4.69) is 83.1 Å². The molecule has 1 saturated carbocycles. The molecule has 36 heavy (non-hydrogen) atoms. The smallest absolute Gasteiger partial charge is 0.356 e. The maximum Gasteiger partial charge on any atom is 0.356 e. The quantitative estimate of drug-likeness (QED) is 0.224. The van der Waals surface area contributed by atoms with Crippen molar-refractivity contribution in [2.75, 3.05) is 13.0 Å². The molecule has 200 valence electrons. The molecule has 2 aromatic carbocycles. The van der Waals surface area contributed by atoms with Gasteiger partial charge < -0.3 is 18.2 Å². The Morgan fingerprint density at radius 2 is 1.28 bits per heavy atom. The van der Waals surface area contributed by atoms with Crippen LogP contribution in [0.2, 0.25) is 5.04 Å². The lowest BCUT2D eigenvalue weighted by atomic mass is 10.1. The second kappa shape index (κ2) is 10.8. The molecular weight excluding hydrogens is 487 g/mol. The number of hydrogen-bond donors (Lipinski definition) is 0. The van der Waals surface area contributed by atoms with Crippen molar-refractivity contribution < 1.29 is 22.8 Å². The molecule has 0 amide bonds. The summed E-state index contributed by atoms with van der Waals surface area (Å²) < 4.78 is 38.7. The van der Waals surface area contributed by atoms with Gasteiger partial charge in [-0.1, -0.05) is 95.3 Å². The monoisotopic (exact) mass is 532 g/mol. The molecule has 0 N–H and O–H groups in total.